The van der Waals surface area contributed by atoms with Gasteiger partial charge in [0.2, 0.25) is 0 Å². The van der Waals surface area contributed by atoms with Crippen molar-refractivity contribution in [2.24, 2.45) is 5.16 Å². The Hall–Kier alpha value is -4.63. The van der Waals surface area contributed by atoms with E-state index in [1.165, 1.54) is 19.2 Å². The lowest BCUT2D eigenvalue weighted by atomic mass is 9.84. The number of hydrogen-bond donors (Lipinski definition) is 5. The van der Waals surface area contributed by atoms with Crippen molar-refractivity contribution in [2.75, 3.05) is 51.9 Å². The first-order chi connectivity index (χ1) is 21.8. The van der Waals surface area contributed by atoms with Crippen LogP contribution in [0.15, 0.2) is 40.9 Å². The number of anilines is 2. The average molecular weight is 696 g/mol. The van der Waals surface area contributed by atoms with Crippen molar-refractivity contribution in [3.05, 3.63) is 41.4 Å². The smallest absolute Gasteiger partial charge is 0.418 e. The third kappa shape index (κ3) is 9.01. The highest BCUT2D eigenvalue weighted by molar-refractivity contribution is 7.80. The number of carboxylic acids is 1. The second-order valence-electron chi connectivity index (χ2n) is 11.9. The minimum Gasteiger partial charge on any atom is -0.489 e. The van der Waals surface area contributed by atoms with Gasteiger partial charge in [0.15, 0.2) is 10.8 Å². The summed E-state index contributed by atoms with van der Waals surface area (Å²) in [4.78, 5) is 51.5. The number of carbonyl (C=O) groups is 3. The lowest BCUT2D eigenvalue weighted by molar-refractivity contribution is -0.868. The SMILES string of the molecule is CC1(C)C(NC(=O)/C(=N\O[C@@H](COc2ccc3nc(NCC[N+](C)(C)C)ccc3c2)C(=O)O)c2csc(N)n2)C(=O)N1OS(=O)(=O)O. The summed E-state index contributed by atoms with van der Waals surface area (Å²) < 4.78 is 41.9. The van der Waals surface area contributed by atoms with Crippen LogP contribution in [-0.4, -0.2) is 120 Å². The number of nitrogens with zero attached hydrogens (tertiary/aromatic N) is 5. The molecular weight excluding hydrogens is 660 g/mol. The molecule has 0 saturated carbocycles. The van der Waals surface area contributed by atoms with Crippen LogP contribution in [0, 0.1) is 0 Å². The molecule has 20 heteroatoms. The quantitative estimate of drug-likeness (QED) is 0.0478. The minimum atomic E-state index is -5.02. The molecule has 254 valence electrons. The summed E-state index contributed by atoms with van der Waals surface area (Å²) in [6.45, 7) is 3.86. The number of nitrogens with one attached hydrogen (secondary N) is 2. The predicted molar refractivity (Wildman–Crippen MR) is 170 cm³/mol. The summed E-state index contributed by atoms with van der Waals surface area (Å²) in [6.07, 6.45) is -1.68. The Balaban J connectivity index is 1.45. The van der Waals surface area contributed by atoms with Crippen LogP contribution < -0.4 is 21.1 Å². The van der Waals surface area contributed by atoms with Crippen LogP contribution in [0.2, 0.25) is 0 Å². The van der Waals surface area contributed by atoms with Crippen molar-refractivity contribution in [3.8, 4) is 5.75 Å². The van der Waals surface area contributed by atoms with Crippen LogP contribution in [0.5, 0.6) is 5.75 Å². The fraction of sp³-hybridized carbons (Fsp3) is 0.407. The molecule has 1 fully saturated rings. The molecule has 1 unspecified atom stereocenters. The van der Waals surface area contributed by atoms with E-state index in [2.05, 4.69) is 51.2 Å². The Kier molecular flexibility index (Phi) is 10.2. The Morgan fingerprint density at radius 2 is 1.94 bits per heavy atom. The minimum absolute atomic E-state index is 0.0595. The first-order valence-corrected chi connectivity index (χ1v) is 16.2. The predicted octanol–water partition coefficient (Wildman–Crippen LogP) is 0.485. The Labute approximate surface area is 273 Å². The van der Waals surface area contributed by atoms with Crippen molar-refractivity contribution in [1.29, 1.82) is 0 Å². The van der Waals surface area contributed by atoms with Gasteiger partial charge in [-0.25, -0.2) is 14.8 Å². The third-order valence-electron chi connectivity index (χ3n) is 6.80. The van der Waals surface area contributed by atoms with Gasteiger partial charge in [-0.05, 0) is 44.2 Å². The molecular formula is C27H35N8O10S2+. The lowest BCUT2D eigenvalue weighted by Crippen LogP contribution is -2.76. The number of hydrogen-bond acceptors (Lipinski definition) is 14. The van der Waals surface area contributed by atoms with Crippen LogP contribution in [0.1, 0.15) is 19.5 Å². The summed E-state index contributed by atoms with van der Waals surface area (Å²) in [5.74, 6) is -2.42. The van der Waals surface area contributed by atoms with Gasteiger partial charge in [-0.2, -0.15) is 13.5 Å². The number of quaternary nitrogens is 1. The number of hydroxylamine groups is 2. The average Bonchev–Trinajstić information content (AvgIpc) is 3.40. The van der Waals surface area contributed by atoms with Crippen LogP contribution in [0.4, 0.5) is 10.9 Å². The van der Waals surface area contributed by atoms with E-state index in [1.807, 2.05) is 12.1 Å². The molecule has 1 aliphatic rings. The van der Waals surface area contributed by atoms with E-state index in [-0.39, 0.29) is 10.8 Å². The van der Waals surface area contributed by atoms with Gasteiger partial charge in [0.25, 0.3) is 17.9 Å². The monoisotopic (exact) mass is 695 g/mol. The molecule has 3 aromatic rings. The zero-order chi connectivity index (χ0) is 34.7. The molecule has 2 aromatic heterocycles. The lowest BCUT2D eigenvalue weighted by Gasteiger charge is -2.50. The third-order valence-corrected chi connectivity index (χ3v) is 7.81. The molecule has 0 aliphatic carbocycles. The number of amides is 2. The second-order valence-corrected chi connectivity index (χ2v) is 13.8. The number of ether oxygens (including phenoxy) is 1. The van der Waals surface area contributed by atoms with E-state index in [4.69, 9.17) is 19.9 Å². The number of oxime groups is 1. The number of aromatic nitrogens is 2. The number of pyridine rings is 1. The number of thiazole rings is 1. The van der Waals surface area contributed by atoms with E-state index in [0.717, 1.165) is 34.3 Å². The molecule has 6 N–H and O–H groups in total. The Morgan fingerprint density at radius 1 is 1.21 bits per heavy atom. The van der Waals surface area contributed by atoms with Crippen molar-refractivity contribution in [2.45, 2.75) is 31.5 Å². The molecule has 1 aromatic carbocycles. The van der Waals surface area contributed by atoms with E-state index < -0.39 is 58.2 Å². The molecule has 47 heavy (non-hydrogen) atoms. The number of carboxylic acid groups (broad SMARTS) is 1. The fourth-order valence-corrected chi connectivity index (χ4v) is 5.27. The van der Waals surface area contributed by atoms with E-state index >= 15 is 0 Å². The number of likely N-dealkylation sites (N-methyl/N-ethyl adjacent to an activating group) is 1. The van der Waals surface area contributed by atoms with E-state index in [9.17, 15) is 27.9 Å². The largest absolute Gasteiger partial charge is 0.489 e. The number of benzene rings is 1. The molecule has 0 radical (unpaired) electrons. The second kappa shape index (κ2) is 13.6. The molecule has 2 atom stereocenters. The molecule has 0 bridgehead atoms. The number of β-lactam (4-membered cyclic amide) rings is 1. The zero-order valence-electron chi connectivity index (χ0n) is 26.0. The standard InChI is InChI=1S/C27H34N8O10S2/c1-27(2)22(24(37)34(27)45-47(40,41)42)32-23(36)21(18-14-46-26(28)31-18)33-44-19(25(38)39)13-43-16-7-8-17-15(12-16)6-9-20(30-17)29-10-11-35(3,4)5/h6-9,12,14,19,22H,10-11,13H2,1-5H3,(H5-,28,29,30,31,32,36,38,39,40,41,42)/p+1/b33-21-/t19-,22?/m0/s1. The maximum Gasteiger partial charge on any atom is 0.418 e. The van der Waals surface area contributed by atoms with Crippen LogP contribution in [0.3, 0.4) is 0 Å². The fourth-order valence-electron chi connectivity index (χ4n) is 4.27. The van der Waals surface area contributed by atoms with Gasteiger partial charge in [-0.15, -0.1) is 15.6 Å². The van der Waals surface area contributed by atoms with E-state index in [0.29, 0.717) is 22.1 Å². The van der Waals surface area contributed by atoms with Crippen molar-refractivity contribution < 1.29 is 50.8 Å². The van der Waals surface area contributed by atoms with Crippen LogP contribution in [0.25, 0.3) is 10.9 Å². The van der Waals surface area contributed by atoms with Crippen molar-refractivity contribution in [1.82, 2.24) is 20.3 Å². The molecule has 3 heterocycles. The molecule has 1 aliphatic heterocycles. The molecule has 1 saturated heterocycles. The zero-order valence-corrected chi connectivity index (χ0v) is 27.7. The number of nitrogen functional groups attached to an aromatic ring is 1. The first kappa shape index (κ1) is 35.2. The van der Waals surface area contributed by atoms with Crippen molar-refractivity contribution in [3.63, 3.8) is 0 Å². The first-order valence-electron chi connectivity index (χ1n) is 13.9. The van der Waals surface area contributed by atoms with Gasteiger partial charge in [0, 0.05) is 10.8 Å². The summed E-state index contributed by atoms with van der Waals surface area (Å²) in [5.41, 5.74) is 4.36. The van der Waals surface area contributed by atoms with Gasteiger partial charge in [0.1, 0.15) is 29.9 Å². The molecule has 18 nitrogen and oxygen atoms in total. The maximum atomic E-state index is 13.2. The number of nitrogens with two attached hydrogens (primary N) is 1. The summed E-state index contributed by atoms with van der Waals surface area (Å²) in [7, 11) is 1.27. The summed E-state index contributed by atoms with van der Waals surface area (Å²) in [6, 6.07) is 7.39. The maximum absolute atomic E-state index is 13.2. The van der Waals surface area contributed by atoms with Crippen LogP contribution >= 0.6 is 11.3 Å². The molecule has 2 amide bonds. The normalized spacial score (nSPS) is 17.1. The van der Waals surface area contributed by atoms with Gasteiger partial charge in [-0.1, -0.05) is 5.16 Å². The van der Waals surface area contributed by atoms with Gasteiger partial charge >= 0.3 is 16.4 Å². The number of rotatable bonds is 15. The molecule has 0 spiro atoms. The Morgan fingerprint density at radius 3 is 2.53 bits per heavy atom. The summed E-state index contributed by atoms with van der Waals surface area (Å²) in [5, 5.41) is 21.7. The van der Waals surface area contributed by atoms with Crippen LogP contribution in [-0.2, 0) is 33.9 Å². The van der Waals surface area contributed by atoms with Gasteiger partial charge in [-0.3, -0.25) is 14.1 Å². The van der Waals surface area contributed by atoms with Crippen molar-refractivity contribution >= 4 is 67.1 Å². The number of aliphatic carboxylic acids is 1. The highest BCUT2D eigenvalue weighted by Gasteiger charge is 2.58. The Bertz CT molecular complexity index is 1810. The number of carbonyl (C=O) groups excluding carboxylic acids is 2. The summed E-state index contributed by atoms with van der Waals surface area (Å²) >= 11 is 0.960. The highest BCUT2D eigenvalue weighted by Crippen LogP contribution is 2.33. The highest BCUT2D eigenvalue weighted by atomic mass is 32.3. The topological polar surface area (TPSA) is 245 Å². The van der Waals surface area contributed by atoms with E-state index in [1.54, 1.807) is 18.2 Å². The number of fused-ring (bicyclic) bond motifs is 1. The van der Waals surface area contributed by atoms with Gasteiger partial charge < -0.3 is 35.5 Å². The van der Waals surface area contributed by atoms with Gasteiger partial charge in [0.05, 0.1) is 45.3 Å². The molecule has 4 rings (SSSR count).